The quantitative estimate of drug-likeness (QED) is 0.599. The van der Waals surface area contributed by atoms with E-state index in [1.54, 1.807) is 7.11 Å². The largest absolute Gasteiger partial charge is 0.378 e. The monoisotopic (exact) mass is 350 g/mol. The van der Waals surface area contributed by atoms with Crippen molar-refractivity contribution in [2.24, 2.45) is 16.3 Å². The van der Waals surface area contributed by atoms with Crippen LogP contribution in [0.25, 0.3) is 0 Å². The van der Waals surface area contributed by atoms with Gasteiger partial charge in [-0.3, -0.25) is 9.79 Å². The van der Waals surface area contributed by atoms with Gasteiger partial charge in [0, 0.05) is 50.7 Å². The molecule has 1 amide bonds. The number of hydrogen-bond acceptors (Lipinski definition) is 3. The van der Waals surface area contributed by atoms with Crippen LogP contribution in [0, 0.1) is 11.3 Å². The van der Waals surface area contributed by atoms with E-state index < -0.39 is 0 Å². The van der Waals surface area contributed by atoms with Crippen LogP contribution in [-0.2, 0) is 9.53 Å². The summed E-state index contributed by atoms with van der Waals surface area (Å²) in [6.45, 7) is 8.38. The van der Waals surface area contributed by atoms with Crippen molar-refractivity contribution in [1.82, 2.24) is 15.5 Å². The van der Waals surface area contributed by atoms with E-state index in [9.17, 15) is 4.79 Å². The highest BCUT2D eigenvalue weighted by atomic mass is 16.5. The molecular formula is C19H34N4O2. The Balaban J connectivity index is 1.47. The van der Waals surface area contributed by atoms with Crippen molar-refractivity contribution >= 4 is 11.9 Å². The summed E-state index contributed by atoms with van der Waals surface area (Å²) in [5, 5.41) is 7.12. The Hall–Kier alpha value is -1.30. The lowest BCUT2D eigenvalue weighted by atomic mass is 9.56. The predicted octanol–water partition coefficient (Wildman–Crippen LogP) is 1.76. The lowest BCUT2D eigenvalue weighted by molar-refractivity contribution is -0.176. The summed E-state index contributed by atoms with van der Waals surface area (Å²) in [4.78, 5) is 18.6. The third-order valence-corrected chi connectivity index (χ3v) is 6.89. The molecule has 1 saturated heterocycles. The SMILES string of the molecule is CN=C(NC1CCN(C(=O)C2CC2)CC1)NC1CC(C)(OC)C1(C)C. The Labute approximate surface area is 151 Å². The summed E-state index contributed by atoms with van der Waals surface area (Å²) in [5.74, 6) is 1.56. The van der Waals surface area contributed by atoms with E-state index in [4.69, 9.17) is 4.74 Å². The molecule has 0 spiro atoms. The van der Waals surface area contributed by atoms with E-state index in [1.165, 1.54) is 0 Å². The van der Waals surface area contributed by atoms with E-state index >= 15 is 0 Å². The Kier molecular flexibility index (Phi) is 5.02. The second-order valence-electron chi connectivity index (χ2n) is 8.65. The van der Waals surface area contributed by atoms with Gasteiger partial charge in [0.05, 0.1) is 5.60 Å². The first-order valence-corrected chi connectivity index (χ1v) is 9.64. The number of nitrogens with zero attached hydrogens (tertiary/aromatic N) is 2. The van der Waals surface area contributed by atoms with Gasteiger partial charge in [0.25, 0.3) is 0 Å². The smallest absolute Gasteiger partial charge is 0.225 e. The Bertz CT molecular complexity index is 536. The third-order valence-electron chi connectivity index (χ3n) is 6.89. The van der Waals surface area contributed by atoms with Crippen LogP contribution in [0.5, 0.6) is 0 Å². The molecule has 142 valence electrons. The van der Waals surface area contributed by atoms with E-state index in [0.717, 1.165) is 51.2 Å². The van der Waals surface area contributed by atoms with Gasteiger partial charge in [-0.1, -0.05) is 13.8 Å². The molecule has 25 heavy (non-hydrogen) atoms. The molecule has 0 aromatic rings. The number of nitrogens with one attached hydrogen (secondary N) is 2. The first-order chi connectivity index (χ1) is 11.8. The molecule has 0 aromatic heterocycles. The van der Waals surface area contributed by atoms with Gasteiger partial charge in [-0.15, -0.1) is 0 Å². The first-order valence-electron chi connectivity index (χ1n) is 9.64. The summed E-state index contributed by atoms with van der Waals surface area (Å²) in [7, 11) is 3.62. The molecule has 3 rings (SSSR count). The minimum Gasteiger partial charge on any atom is -0.378 e. The Morgan fingerprint density at radius 3 is 2.24 bits per heavy atom. The number of hydrogen-bond donors (Lipinski definition) is 2. The summed E-state index contributed by atoms with van der Waals surface area (Å²) in [5.41, 5.74) is -0.0303. The number of carbonyl (C=O) groups is 1. The standard InChI is InChI=1S/C19H34N4O2/c1-18(2)15(12-19(18,3)25-5)22-17(20-4)21-14-8-10-23(11-9-14)16(24)13-6-7-13/h13-15H,6-12H2,1-5H3,(H2,20,21,22). The highest BCUT2D eigenvalue weighted by Crippen LogP contribution is 2.51. The van der Waals surface area contributed by atoms with Crippen molar-refractivity contribution in [3.63, 3.8) is 0 Å². The van der Waals surface area contributed by atoms with Crippen LogP contribution in [0.1, 0.15) is 52.9 Å². The minimum absolute atomic E-state index is 0.0550. The zero-order chi connectivity index (χ0) is 18.2. The van der Waals surface area contributed by atoms with Crippen LogP contribution in [-0.4, -0.2) is 61.7 Å². The molecule has 0 radical (unpaired) electrons. The number of aliphatic imine (C=N–C) groups is 1. The van der Waals surface area contributed by atoms with Gasteiger partial charge in [0.15, 0.2) is 5.96 Å². The molecular weight excluding hydrogens is 316 g/mol. The zero-order valence-corrected chi connectivity index (χ0v) is 16.4. The summed E-state index contributed by atoms with van der Waals surface area (Å²) >= 11 is 0. The number of amides is 1. The topological polar surface area (TPSA) is 66.0 Å². The van der Waals surface area contributed by atoms with E-state index in [1.807, 2.05) is 11.9 Å². The first kappa shape index (κ1) is 18.5. The summed E-state index contributed by atoms with van der Waals surface area (Å²) < 4.78 is 5.71. The van der Waals surface area contributed by atoms with Crippen LogP contribution in [0.3, 0.4) is 0 Å². The normalized spacial score (nSPS) is 32.9. The second-order valence-corrected chi connectivity index (χ2v) is 8.65. The molecule has 6 nitrogen and oxygen atoms in total. The fourth-order valence-electron chi connectivity index (χ4n) is 4.08. The highest BCUT2D eigenvalue weighted by molar-refractivity contribution is 5.82. The van der Waals surface area contributed by atoms with Crippen molar-refractivity contribution in [2.75, 3.05) is 27.2 Å². The Morgan fingerprint density at radius 2 is 1.76 bits per heavy atom. The van der Waals surface area contributed by atoms with E-state index in [2.05, 4.69) is 36.4 Å². The zero-order valence-electron chi connectivity index (χ0n) is 16.4. The van der Waals surface area contributed by atoms with Gasteiger partial charge in [-0.2, -0.15) is 0 Å². The number of likely N-dealkylation sites (tertiary alicyclic amines) is 1. The number of methoxy groups -OCH3 is 1. The molecule has 1 aliphatic heterocycles. The third kappa shape index (κ3) is 3.50. The number of ether oxygens (including phenoxy) is 1. The van der Waals surface area contributed by atoms with Crippen LogP contribution in [0.2, 0.25) is 0 Å². The molecule has 6 heteroatoms. The molecule has 2 saturated carbocycles. The van der Waals surface area contributed by atoms with Crippen LogP contribution >= 0.6 is 0 Å². The molecule has 3 fully saturated rings. The van der Waals surface area contributed by atoms with Crippen molar-refractivity contribution < 1.29 is 9.53 Å². The maximum Gasteiger partial charge on any atom is 0.225 e. The Morgan fingerprint density at radius 1 is 1.12 bits per heavy atom. The van der Waals surface area contributed by atoms with E-state index in [0.29, 0.717) is 23.9 Å². The van der Waals surface area contributed by atoms with Gasteiger partial charge < -0.3 is 20.3 Å². The lowest BCUT2D eigenvalue weighted by Crippen LogP contribution is -2.69. The van der Waals surface area contributed by atoms with Crippen LogP contribution < -0.4 is 10.6 Å². The van der Waals surface area contributed by atoms with E-state index in [-0.39, 0.29) is 11.0 Å². The van der Waals surface area contributed by atoms with Crippen molar-refractivity contribution in [3.05, 3.63) is 0 Å². The lowest BCUT2D eigenvalue weighted by Gasteiger charge is -2.59. The van der Waals surface area contributed by atoms with Crippen molar-refractivity contribution in [2.45, 2.75) is 70.6 Å². The van der Waals surface area contributed by atoms with Gasteiger partial charge in [-0.25, -0.2) is 0 Å². The van der Waals surface area contributed by atoms with Crippen LogP contribution in [0.15, 0.2) is 4.99 Å². The number of rotatable bonds is 4. The van der Waals surface area contributed by atoms with Crippen molar-refractivity contribution in [3.8, 4) is 0 Å². The number of guanidine groups is 1. The highest BCUT2D eigenvalue weighted by Gasteiger charge is 2.58. The molecule has 2 unspecified atom stereocenters. The molecule has 1 heterocycles. The molecule has 2 N–H and O–H groups in total. The predicted molar refractivity (Wildman–Crippen MR) is 99.6 cm³/mol. The molecule has 0 aromatic carbocycles. The summed E-state index contributed by atoms with van der Waals surface area (Å²) in [6, 6.07) is 0.728. The summed E-state index contributed by atoms with van der Waals surface area (Å²) in [6.07, 6.45) is 5.13. The fraction of sp³-hybridized carbons (Fsp3) is 0.895. The molecule has 0 bridgehead atoms. The fourth-order valence-corrected chi connectivity index (χ4v) is 4.08. The molecule has 2 atom stereocenters. The van der Waals surface area contributed by atoms with Crippen molar-refractivity contribution in [1.29, 1.82) is 0 Å². The number of carbonyl (C=O) groups excluding carboxylic acids is 1. The molecule has 2 aliphatic carbocycles. The van der Waals surface area contributed by atoms with Crippen LogP contribution in [0.4, 0.5) is 0 Å². The van der Waals surface area contributed by atoms with Gasteiger partial charge in [-0.05, 0) is 39.0 Å². The molecule has 3 aliphatic rings. The maximum atomic E-state index is 12.2. The van der Waals surface area contributed by atoms with Gasteiger partial charge >= 0.3 is 0 Å². The second kappa shape index (κ2) is 6.78. The number of piperidine rings is 1. The van der Waals surface area contributed by atoms with Gasteiger partial charge in [0.1, 0.15) is 0 Å². The van der Waals surface area contributed by atoms with Gasteiger partial charge in [0.2, 0.25) is 5.91 Å². The maximum absolute atomic E-state index is 12.2. The average Bonchev–Trinajstić information content (AvgIpc) is 3.45. The minimum atomic E-state index is -0.0853. The average molecular weight is 351 g/mol.